The van der Waals surface area contributed by atoms with Crippen molar-refractivity contribution >= 4 is 11.6 Å². The Balaban J connectivity index is 2.44. The van der Waals surface area contributed by atoms with Gasteiger partial charge in [-0.15, -0.1) is 0 Å². The van der Waals surface area contributed by atoms with Crippen LogP contribution in [0.5, 0.6) is 0 Å². The summed E-state index contributed by atoms with van der Waals surface area (Å²) in [7, 11) is 4.00. The van der Waals surface area contributed by atoms with Gasteiger partial charge in [-0.3, -0.25) is 14.3 Å². The molecule has 0 aromatic carbocycles. The SMILES string of the molecule is CCCc1c(Cl)[nH]c(=O)n(CC2(N(C)C)CCC2)c1=O. The van der Waals surface area contributed by atoms with E-state index in [1.807, 2.05) is 21.0 Å². The van der Waals surface area contributed by atoms with Gasteiger partial charge in [0.1, 0.15) is 5.15 Å². The van der Waals surface area contributed by atoms with Crippen LogP contribution in [0.25, 0.3) is 0 Å². The number of H-pyrrole nitrogens is 1. The summed E-state index contributed by atoms with van der Waals surface area (Å²) < 4.78 is 1.32. The first-order valence-electron chi connectivity index (χ1n) is 7.10. The Kier molecular flexibility index (Phi) is 4.39. The molecule has 0 spiro atoms. The van der Waals surface area contributed by atoms with Crippen LogP contribution in [0.3, 0.4) is 0 Å². The second-order valence-corrected chi connectivity index (χ2v) is 6.21. The molecule has 1 aliphatic rings. The van der Waals surface area contributed by atoms with Crippen molar-refractivity contribution in [3.8, 4) is 0 Å². The van der Waals surface area contributed by atoms with Crippen molar-refractivity contribution in [3.63, 3.8) is 0 Å². The molecule has 1 N–H and O–H groups in total. The molecule has 1 fully saturated rings. The molecule has 1 aliphatic carbocycles. The maximum atomic E-state index is 12.5. The van der Waals surface area contributed by atoms with E-state index in [2.05, 4.69) is 9.88 Å². The summed E-state index contributed by atoms with van der Waals surface area (Å²) in [6.07, 6.45) is 4.57. The summed E-state index contributed by atoms with van der Waals surface area (Å²) in [4.78, 5) is 29.3. The van der Waals surface area contributed by atoms with Gasteiger partial charge in [-0.05, 0) is 39.8 Å². The average molecular weight is 300 g/mol. The van der Waals surface area contributed by atoms with Gasteiger partial charge in [-0.25, -0.2) is 4.79 Å². The molecule has 1 heterocycles. The number of halogens is 1. The molecule has 0 radical (unpaired) electrons. The van der Waals surface area contributed by atoms with Crippen molar-refractivity contribution < 1.29 is 0 Å². The van der Waals surface area contributed by atoms with Gasteiger partial charge < -0.3 is 4.90 Å². The number of nitrogens with zero attached hydrogens (tertiary/aromatic N) is 2. The minimum absolute atomic E-state index is 0.0753. The van der Waals surface area contributed by atoms with Crippen LogP contribution in [0, 0.1) is 0 Å². The lowest BCUT2D eigenvalue weighted by atomic mass is 9.75. The quantitative estimate of drug-likeness (QED) is 0.841. The van der Waals surface area contributed by atoms with E-state index < -0.39 is 5.69 Å². The van der Waals surface area contributed by atoms with Crippen molar-refractivity contribution in [1.29, 1.82) is 0 Å². The van der Waals surface area contributed by atoms with Crippen molar-refractivity contribution in [1.82, 2.24) is 14.5 Å². The van der Waals surface area contributed by atoms with Gasteiger partial charge in [0.2, 0.25) is 0 Å². The van der Waals surface area contributed by atoms with Gasteiger partial charge in [0.25, 0.3) is 5.56 Å². The zero-order valence-electron chi connectivity index (χ0n) is 12.3. The first-order valence-corrected chi connectivity index (χ1v) is 7.48. The molecular weight excluding hydrogens is 278 g/mol. The molecule has 20 heavy (non-hydrogen) atoms. The molecule has 6 heteroatoms. The van der Waals surface area contributed by atoms with Crippen LogP contribution in [0.1, 0.15) is 38.2 Å². The van der Waals surface area contributed by atoms with Crippen LogP contribution in [0.2, 0.25) is 5.15 Å². The topological polar surface area (TPSA) is 58.1 Å². The Morgan fingerprint density at radius 1 is 1.35 bits per heavy atom. The zero-order valence-corrected chi connectivity index (χ0v) is 13.1. The molecule has 1 aromatic rings. The molecule has 0 aliphatic heterocycles. The summed E-state index contributed by atoms with van der Waals surface area (Å²) in [5.74, 6) is 0. The Morgan fingerprint density at radius 2 is 2.00 bits per heavy atom. The Hall–Kier alpha value is -1.07. The molecule has 1 saturated carbocycles. The van der Waals surface area contributed by atoms with Crippen LogP contribution in [-0.4, -0.2) is 34.1 Å². The number of likely N-dealkylation sites (N-methyl/N-ethyl adjacent to an activating group) is 1. The van der Waals surface area contributed by atoms with E-state index in [-0.39, 0.29) is 16.3 Å². The first-order chi connectivity index (χ1) is 9.41. The Labute approximate surface area is 123 Å². The van der Waals surface area contributed by atoms with E-state index >= 15 is 0 Å². The fourth-order valence-electron chi connectivity index (χ4n) is 2.82. The van der Waals surface area contributed by atoms with E-state index in [0.29, 0.717) is 18.5 Å². The maximum absolute atomic E-state index is 12.5. The third-order valence-corrected chi connectivity index (χ3v) is 4.74. The first kappa shape index (κ1) is 15.3. The lowest BCUT2D eigenvalue weighted by Gasteiger charge is -2.47. The number of aromatic nitrogens is 2. The molecule has 0 unspecified atom stereocenters. The Bertz CT molecular complexity index is 599. The van der Waals surface area contributed by atoms with Crippen molar-refractivity contribution in [2.24, 2.45) is 0 Å². The predicted molar refractivity (Wildman–Crippen MR) is 80.6 cm³/mol. The van der Waals surface area contributed by atoms with Crippen molar-refractivity contribution in [2.45, 2.75) is 51.1 Å². The number of aromatic amines is 1. The summed E-state index contributed by atoms with van der Waals surface area (Å²) in [6, 6.07) is 0. The van der Waals surface area contributed by atoms with Crippen LogP contribution >= 0.6 is 11.6 Å². The number of hydrogen-bond acceptors (Lipinski definition) is 3. The highest BCUT2D eigenvalue weighted by Gasteiger charge is 2.40. The monoisotopic (exact) mass is 299 g/mol. The number of rotatable bonds is 5. The predicted octanol–water partition coefficient (Wildman–Crippen LogP) is 1.63. The minimum atomic E-state index is -0.409. The third kappa shape index (κ3) is 2.56. The van der Waals surface area contributed by atoms with Gasteiger partial charge in [-0.1, -0.05) is 24.9 Å². The average Bonchev–Trinajstić information content (AvgIpc) is 2.32. The molecule has 5 nitrogen and oxygen atoms in total. The largest absolute Gasteiger partial charge is 0.329 e. The molecule has 0 saturated heterocycles. The summed E-state index contributed by atoms with van der Waals surface area (Å²) in [5.41, 5.74) is -0.211. The fourth-order valence-corrected chi connectivity index (χ4v) is 3.08. The van der Waals surface area contributed by atoms with E-state index in [9.17, 15) is 9.59 Å². The highest BCUT2D eigenvalue weighted by Crippen LogP contribution is 2.37. The third-order valence-electron chi connectivity index (χ3n) is 4.42. The lowest BCUT2D eigenvalue weighted by Crippen LogP contribution is -2.56. The van der Waals surface area contributed by atoms with E-state index in [1.54, 1.807) is 0 Å². The molecule has 2 rings (SSSR count). The molecule has 0 amide bonds. The van der Waals surface area contributed by atoms with Crippen LogP contribution in [-0.2, 0) is 13.0 Å². The zero-order chi connectivity index (χ0) is 14.9. The van der Waals surface area contributed by atoms with Crippen LogP contribution in [0.15, 0.2) is 9.59 Å². The molecule has 0 atom stereocenters. The van der Waals surface area contributed by atoms with Gasteiger partial charge in [0, 0.05) is 12.1 Å². The highest BCUT2D eigenvalue weighted by atomic mass is 35.5. The lowest BCUT2D eigenvalue weighted by molar-refractivity contribution is 0.0400. The highest BCUT2D eigenvalue weighted by molar-refractivity contribution is 6.30. The Morgan fingerprint density at radius 3 is 2.45 bits per heavy atom. The van der Waals surface area contributed by atoms with E-state index in [1.165, 1.54) is 4.57 Å². The maximum Gasteiger partial charge on any atom is 0.329 e. The van der Waals surface area contributed by atoms with E-state index in [0.717, 1.165) is 25.7 Å². The minimum Gasteiger partial charge on any atom is -0.302 e. The normalized spacial score (nSPS) is 17.2. The van der Waals surface area contributed by atoms with Crippen LogP contribution in [0.4, 0.5) is 0 Å². The molecule has 1 aromatic heterocycles. The molecular formula is C14H22ClN3O2. The van der Waals surface area contributed by atoms with Gasteiger partial charge in [0.05, 0.1) is 5.56 Å². The van der Waals surface area contributed by atoms with E-state index in [4.69, 9.17) is 11.6 Å². The van der Waals surface area contributed by atoms with Gasteiger partial charge in [-0.2, -0.15) is 0 Å². The standard InChI is InChI=1S/C14H22ClN3O2/c1-4-6-10-11(15)16-13(20)18(12(10)19)9-14(17(2)3)7-5-8-14/h4-9H2,1-3H3,(H,16,20). The van der Waals surface area contributed by atoms with Gasteiger partial charge >= 0.3 is 5.69 Å². The molecule has 112 valence electrons. The fraction of sp³-hybridized carbons (Fsp3) is 0.714. The second-order valence-electron chi connectivity index (χ2n) is 5.84. The molecule has 0 bridgehead atoms. The van der Waals surface area contributed by atoms with Crippen LogP contribution < -0.4 is 11.2 Å². The number of hydrogen-bond donors (Lipinski definition) is 1. The second kappa shape index (κ2) is 5.74. The number of nitrogens with one attached hydrogen (secondary N) is 1. The summed E-state index contributed by atoms with van der Waals surface area (Å²) in [6.45, 7) is 2.42. The summed E-state index contributed by atoms with van der Waals surface area (Å²) in [5, 5.41) is 0.186. The van der Waals surface area contributed by atoms with Crippen molar-refractivity contribution in [2.75, 3.05) is 14.1 Å². The van der Waals surface area contributed by atoms with Gasteiger partial charge in [0.15, 0.2) is 0 Å². The summed E-state index contributed by atoms with van der Waals surface area (Å²) >= 11 is 5.99. The smallest absolute Gasteiger partial charge is 0.302 e. The van der Waals surface area contributed by atoms with Crippen molar-refractivity contribution in [3.05, 3.63) is 31.6 Å².